The van der Waals surface area contributed by atoms with Crippen LogP contribution in [-0.2, 0) is 5.41 Å². The first-order valence-corrected chi connectivity index (χ1v) is 15.5. The van der Waals surface area contributed by atoms with E-state index in [0.717, 1.165) is 27.8 Å². The normalized spacial score (nSPS) is 12.6. The first kappa shape index (κ1) is 28.1. The minimum atomic E-state index is -0.186. The van der Waals surface area contributed by atoms with Crippen LogP contribution in [0, 0.1) is 17.9 Å². The van der Waals surface area contributed by atoms with Gasteiger partial charge in [0.2, 0.25) is 0 Å². The summed E-state index contributed by atoms with van der Waals surface area (Å²) >= 11 is 0. The molecule has 5 nitrogen and oxygen atoms in total. The van der Waals surface area contributed by atoms with Gasteiger partial charge in [0.1, 0.15) is 0 Å². The van der Waals surface area contributed by atoms with Crippen LogP contribution in [0.25, 0.3) is 72.0 Å². The van der Waals surface area contributed by atoms with E-state index in [1.807, 2.05) is 54.6 Å². The lowest BCUT2D eigenvalue weighted by Gasteiger charge is -2.22. The molecule has 0 unspecified atom stereocenters. The van der Waals surface area contributed by atoms with Crippen molar-refractivity contribution in [1.82, 2.24) is 15.0 Å². The Morgan fingerprint density at radius 1 is 0.596 bits per heavy atom. The van der Waals surface area contributed by atoms with Crippen LogP contribution < -0.4 is 0 Å². The van der Waals surface area contributed by atoms with E-state index in [9.17, 15) is 5.26 Å². The monoisotopic (exact) mass is 601 g/mol. The van der Waals surface area contributed by atoms with Crippen LogP contribution in [0.3, 0.4) is 0 Å². The number of nitrogens with zero attached hydrogens (tertiary/aromatic N) is 5. The van der Waals surface area contributed by atoms with Crippen molar-refractivity contribution in [2.75, 3.05) is 0 Å². The second-order valence-electron chi connectivity index (χ2n) is 12.3. The standard InChI is InChI=1S/C42H27N5/c1-42(2)36-20-18-28-9-7-8-12-34(28)38(36)35-19-17-31(24-37(35)42)41-46-39(29-10-5-4-6-11-29)45-40(47-41)30-15-13-27(14-16-30)32-21-26(25-43)22-33(23-32)44-3/h4-24H,1-2H3. The third-order valence-electron chi connectivity index (χ3n) is 9.14. The molecular formula is C42H27N5. The minimum absolute atomic E-state index is 0.186. The Bertz CT molecular complexity index is 2410. The van der Waals surface area contributed by atoms with Crippen LogP contribution in [0.5, 0.6) is 0 Å². The molecule has 220 valence electrons. The van der Waals surface area contributed by atoms with E-state index in [1.54, 1.807) is 18.2 Å². The van der Waals surface area contributed by atoms with Gasteiger partial charge < -0.3 is 0 Å². The molecule has 47 heavy (non-hydrogen) atoms. The zero-order chi connectivity index (χ0) is 32.1. The molecular weight excluding hydrogens is 574 g/mol. The van der Waals surface area contributed by atoms with Gasteiger partial charge in [0.15, 0.2) is 23.2 Å². The summed E-state index contributed by atoms with van der Waals surface area (Å²) in [5, 5.41) is 12.0. The Morgan fingerprint density at radius 2 is 1.23 bits per heavy atom. The molecule has 0 saturated heterocycles. The summed E-state index contributed by atoms with van der Waals surface area (Å²) in [6.07, 6.45) is 0. The third-order valence-corrected chi connectivity index (χ3v) is 9.14. The average Bonchev–Trinajstić information content (AvgIpc) is 3.37. The summed E-state index contributed by atoms with van der Waals surface area (Å²) in [5.41, 5.74) is 10.3. The van der Waals surface area contributed by atoms with Gasteiger partial charge in [0, 0.05) is 27.7 Å². The van der Waals surface area contributed by atoms with Crippen LogP contribution in [0.2, 0.25) is 0 Å². The van der Waals surface area contributed by atoms with E-state index >= 15 is 0 Å². The van der Waals surface area contributed by atoms with Crippen molar-refractivity contribution in [3.05, 3.63) is 156 Å². The molecule has 7 aromatic rings. The fourth-order valence-corrected chi connectivity index (χ4v) is 6.72. The molecule has 0 bridgehead atoms. The number of hydrogen-bond acceptors (Lipinski definition) is 4. The van der Waals surface area contributed by atoms with Gasteiger partial charge in [0.05, 0.1) is 12.6 Å². The van der Waals surface area contributed by atoms with Crippen molar-refractivity contribution in [2.24, 2.45) is 0 Å². The van der Waals surface area contributed by atoms with Gasteiger partial charge in [-0.1, -0.05) is 117 Å². The highest BCUT2D eigenvalue weighted by Gasteiger charge is 2.36. The lowest BCUT2D eigenvalue weighted by molar-refractivity contribution is 0.661. The molecule has 8 rings (SSSR count). The van der Waals surface area contributed by atoms with Gasteiger partial charge in [-0.05, 0) is 68.4 Å². The first-order valence-electron chi connectivity index (χ1n) is 15.5. The number of nitriles is 1. The molecule has 0 fully saturated rings. The molecule has 1 aromatic heterocycles. The summed E-state index contributed by atoms with van der Waals surface area (Å²) in [7, 11) is 0. The van der Waals surface area contributed by atoms with Gasteiger partial charge in [-0.2, -0.15) is 5.26 Å². The summed E-state index contributed by atoms with van der Waals surface area (Å²) in [5.74, 6) is 1.79. The Kier molecular flexibility index (Phi) is 6.50. The summed E-state index contributed by atoms with van der Waals surface area (Å²) in [6, 6.07) is 44.9. The quantitative estimate of drug-likeness (QED) is 0.188. The summed E-state index contributed by atoms with van der Waals surface area (Å²) in [6.45, 7) is 12.0. The van der Waals surface area contributed by atoms with Crippen molar-refractivity contribution in [3.8, 4) is 62.5 Å². The Balaban J connectivity index is 1.25. The topological polar surface area (TPSA) is 66.8 Å². The largest absolute Gasteiger partial charge is 0.238 e. The minimum Gasteiger partial charge on any atom is -0.238 e. The highest BCUT2D eigenvalue weighted by atomic mass is 15.0. The van der Waals surface area contributed by atoms with E-state index in [0.29, 0.717) is 28.7 Å². The molecule has 0 saturated carbocycles. The molecule has 0 radical (unpaired) electrons. The van der Waals surface area contributed by atoms with Crippen molar-refractivity contribution in [3.63, 3.8) is 0 Å². The molecule has 0 atom stereocenters. The predicted octanol–water partition coefficient (Wildman–Crippen LogP) is 10.4. The van der Waals surface area contributed by atoms with E-state index in [2.05, 4.69) is 79.4 Å². The number of hydrogen-bond donors (Lipinski definition) is 0. The highest BCUT2D eigenvalue weighted by Crippen LogP contribution is 2.52. The smallest absolute Gasteiger partial charge is 0.189 e. The second-order valence-corrected chi connectivity index (χ2v) is 12.3. The molecule has 0 amide bonds. The number of rotatable bonds is 4. The van der Waals surface area contributed by atoms with E-state index < -0.39 is 0 Å². The van der Waals surface area contributed by atoms with Crippen molar-refractivity contribution < 1.29 is 0 Å². The van der Waals surface area contributed by atoms with E-state index in [4.69, 9.17) is 21.5 Å². The molecule has 0 spiro atoms. The van der Waals surface area contributed by atoms with Gasteiger partial charge in [-0.15, -0.1) is 0 Å². The molecule has 0 N–H and O–H groups in total. The van der Waals surface area contributed by atoms with Gasteiger partial charge in [-0.25, -0.2) is 19.8 Å². The zero-order valence-corrected chi connectivity index (χ0v) is 25.9. The maximum absolute atomic E-state index is 9.45. The SMILES string of the molecule is [C-]#[N+]c1cc(C#N)cc(-c2ccc(-c3nc(-c4ccccc4)nc(-c4ccc5c(c4)C(C)(C)c4ccc6ccccc6c4-5)n3)cc2)c1. The fourth-order valence-electron chi connectivity index (χ4n) is 6.72. The lowest BCUT2D eigenvalue weighted by atomic mass is 9.81. The van der Waals surface area contributed by atoms with Crippen molar-refractivity contribution in [1.29, 1.82) is 5.26 Å². The van der Waals surface area contributed by atoms with Crippen LogP contribution in [0.1, 0.15) is 30.5 Å². The summed E-state index contributed by atoms with van der Waals surface area (Å²) < 4.78 is 0. The van der Waals surface area contributed by atoms with Crippen molar-refractivity contribution in [2.45, 2.75) is 19.3 Å². The maximum Gasteiger partial charge on any atom is 0.189 e. The number of fused-ring (bicyclic) bond motifs is 5. The molecule has 1 heterocycles. The van der Waals surface area contributed by atoms with Crippen LogP contribution >= 0.6 is 0 Å². The lowest BCUT2D eigenvalue weighted by Crippen LogP contribution is -2.15. The summed E-state index contributed by atoms with van der Waals surface area (Å²) in [4.78, 5) is 18.5. The van der Waals surface area contributed by atoms with Crippen LogP contribution in [0.4, 0.5) is 5.69 Å². The number of aromatic nitrogens is 3. The van der Waals surface area contributed by atoms with Gasteiger partial charge in [0.25, 0.3) is 0 Å². The maximum atomic E-state index is 9.45. The molecule has 5 heteroatoms. The fraction of sp³-hybridized carbons (Fsp3) is 0.0714. The van der Waals surface area contributed by atoms with Crippen molar-refractivity contribution >= 4 is 16.5 Å². The molecule has 1 aliphatic carbocycles. The van der Waals surface area contributed by atoms with Crippen LogP contribution in [0.15, 0.2) is 127 Å². The Morgan fingerprint density at radius 3 is 1.96 bits per heavy atom. The average molecular weight is 602 g/mol. The number of benzene rings is 6. The third kappa shape index (κ3) is 4.74. The van der Waals surface area contributed by atoms with Crippen LogP contribution in [-0.4, -0.2) is 15.0 Å². The highest BCUT2D eigenvalue weighted by molar-refractivity contribution is 6.02. The van der Waals surface area contributed by atoms with E-state index in [-0.39, 0.29) is 5.41 Å². The van der Waals surface area contributed by atoms with Gasteiger partial charge >= 0.3 is 0 Å². The Hall–Kier alpha value is -6.43. The molecule has 1 aliphatic rings. The molecule has 6 aromatic carbocycles. The van der Waals surface area contributed by atoms with E-state index in [1.165, 1.54) is 33.0 Å². The second kappa shape index (κ2) is 10.9. The Labute approximate surface area is 273 Å². The van der Waals surface area contributed by atoms with Gasteiger partial charge in [-0.3, -0.25) is 0 Å². The first-order chi connectivity index (χ1) is 22.9. The predicted molar refractivity (Wildman–Crippen MR) is 188 cm³/mol. The zero-order valence-electron chi connectivity index (χ0n) is 25.9. The molecule has 0 aliphatic heterocycles.